The molecule has 2 heterocycles. The average molecular weight is 378 g/mol. The second kappa shape index (κ2) is 6.33. The molecule has 0 N–H and O–H groups in total. The van der Waals surface area contributed by atoms with Gasteiger partial charge in [0.25, 0.3) is 0 Å². The van der Waals surface area contributed by atoms with Crippen LogP contribution in [0.4, 0.5) is 0 Å². The second-order valence-electron chi connectivity index (χ2n) is 8.44. The van der Waals surface area contributed by atoms with Crippen molar-refractivity contribution in [3.05, 3.63) is 58.4 Å². The molecule has 1 spiro atoms. The Kier molecular flexibility index (Phi) is 4.01. The molecule has 2 aliphatic carbocycles. The summed E-state index contributed by atoms with van der Waals surface area (Å²) in [4.78, 5) is 25.6. The van der Waals surface area contributed by atoms with E-state index in [4.69, 9.17) is 9.47 Å². The van der Waals surface area contributed by atoms with E-state index < -0.39 is 5.60 Å². The highest BCUT2D eigenvalue weighted by atomic mass is 16.6. The number of hydrogen-bond acceptors (Lipinski definition) is 4. The molecular weight excluding hydrogens is 352 g/mol. The van der Waals surface area contributed by atoms with E-state index in [9.17, 15) is 9.59 Å². The first kappa shape index (κ1) is 17.7. The van der Waals surface area contributed by atoms with Crippen LogP contribution >= 0.6 is 0 Å². The molecule has 1 aromatic carbocycles. The molecule has 0 aromatic heterocycles. The van der Waals surface area contributed by atoms with E-state index in [1.165, 1.54) is 0 Å². The Morgan fingerprint density at radius 1 is 1.14 bits per heavy atom. The predicted molar refractivity (Wildman–Crippen MR) is 104 cm³/mol. The Balaban J connectivity index is 1.65. The largest absolute Gasteiger partial charge is 0.450 e. The molecule has 0 unspecified atom stereocenters. The summed E-state index contributed by atoms with van der Waals surface area (Å²) in [5.41, 5.74) is 2.74. The maximum absolute atomic E-state index is 12.9. The summed E-state index contributed by atoms with van der Waals surface area (Å²) in [6, 6.07) is 7.71. The lowest BCUT2D eigenvalue weighted by molar-refractivity contribution is -0.195. The Hall–Kier alpha value is -2.36. The second-order valence-corrected chi connectivity index (χ2v) is 8.44. The SMILES string of the molecule is CCCC=C1OC(=O)C2=C1CC[C@H]1[C@H](CCC)[C@@]3(OC(=O)c4ccccc43)[C@@H]21. The lowest BCUT2D eigenvalue weighted by Gasteiger charge is -2.60. The Morgan fingerprint density at radius 2 is 1.96 bits per heavy atom. The van der Waals surface area contributed by atoms with Crippen molar-refractivity contribution in [3.8, 4) is 0 Å². The van der Waals surface area contributed by atoms with Crippen LogP contribution < -0.4 is 0 Å². The van der Waals surface area contributed by atoms with Gasteiger partial charge >= 0.3 is 11.9 Å². The van der Waals surface area contributed by atoms with Gasteiger partial charge in [0.2, 0.25) is 0 Å². The topological polar surface area (TPSA) is 52.6 Å². The van der Waals surface area contributed by atoms with E-state index in [0.29, 0.717) is 11.5 Å². The van der Waals surface area contributed by atoms with Crippen LogP contribution in [0.5, 0.6) is 0 Å². The van der Waals surface area contributed by atoms with E-state index in [2.05, 4.69) is 13.8 Å². The normalized spacial score (nSPS) is 34.1. The summed E-state index contributed by atoms with van der Waals surface area (Å²) < 4.78 is 11.8. The third kappa shape index (κ3) is 2.12. The summed E-state index contributed by atoms with van der Waals surface area (Å²) in [7, 11) is 0. The molecule has 0 radical (unpaired) electrons. The van der Waals surface area contributed by atoms with Gasteiger partial charge in [-0.25, -0.2) is 9.59 Å². The molecule has 1 aromatic rings. The summed E-state index contributed by atoms with van der Waals surface area (Å²) in [5.74, 6) is 0.807. The number of allylic oxidation sites excluding steroid dienone is 2. The van der Waals surface area contributed by atoms with Gasteiger partial charge < -0.3 is 9.47 Å². The highest BCUT2D eigenvalue weighted by molar-refractivity contribution is 5.98. The lowest BCUT2D eigenvalue weighted by atomic mass is 9.45. The molecule has 1 fully saturated rings. The number of fused-ring (bicyclic) bond motifs is 5. The minimum absolute atomic E-state index is 0.0829. The van der Waals surface area contributed by atoms with Crippen molar-refractivity contribution in [2.24, 2.45) is 17.8 Å². The van der Waals surface area contributed by atoms with Gasteiger partial charge in [0.15, 0.2) is 0 Å². The van der Waals surface area contributed by atoms with Gasteiger partial charge in [0, 0.05) is 23.0 Å². The number of cyclic esters (lactones) is 1. The Bertz CT molecular complexity index is 924. The zero-order valence-corrected chi connectivity index (χ0v) is 16.5. The van der Waals surface area contributed by atoms with Gasteiger partial charge in [-0.15, -0.1) is 0 Å². The molecule has 4 aliphatic rings. The molecule has 0 saturated heterocycles. The smallest absolute Gasteiger partial charge is 0.340 e. The zero-order chi connectivity index (χ0) is 19.5. The van der Waals surface area contributed by atoms with Crippen molar-refractivity contribution in [2.75, 3.05) is 0 Å². The van der Waals surface area contributed by atoms with Gasteiger partial charge in [-0.1, -0.05) is 44.9 Å². The van der Waals surface area contributed by atoms with Crippen LogP contribution in [0.25, 0.3) is 0 Å². The zero-order valence-electron chi connectivity index (χ0n) is 16.5. The first-order valence-electron chi connectivity index (χ1n) is 10.6. The van der Waals surface area contributed by atoms with Gasteiger partial charge in [-0.2, -0.15) is 0 Å². The Labute approximate surface area is 165 Å². The maximum atomic E-state index is 12.9. The summed E-state index contributed by atoms with van der Waals surface area (Å²) in [6.07, 6.45) is 7.90. The average Bonchev–Trinajstić information content (AvgIpc) is 3.19. The highest BCUT2D eigenvalue weighted by Gasteiger charge is 2.71. The maximum Gasteiger partial charge on any atom is 0.340 e. The third-order valence-electron chi connectivity index (χ3n) is 7.09. The van der Waals surface area contributed by atoms with Crippen LogP contribution in [-0.2, 0) is 19.9 Å². The highest BCUT2D eigenvalue weighted by Crippen LogP contribution is 2.69. The first-order chi connectivity index (χ1) is 13.6. The first-order valence-corrected chi connectivity index (χ1v) is 10.6. The van der Waals surface area contributed by atoms with Crippen LogP contribution in [0.2, 0.25) is 0 Å². The fourth-order valence-electron chi connectivity index (χ4n) is 6.08. The number of ether oxygens (including phenoxy) is 2. The van der Waals surface area contributed by atoms with Gasteiger partial charge in [-0.3, -0.25) is 0 Å². The summed E-state index contributed by atoms with van der Waals surface area (Å²) in [5, 5.41) is 0. The molecule has 4 heteroatoms. The van der Waals surface area contributed by atoms with E-state index in [1.54, 1.807) is 0 Å². The molecule has 0 bridgehead atoms. The lowest BCUT2D eigenvalue weighted by Crippen LogP contribution is -2.62. The number of carbonyl (C=O) groups is 2. The molecule has 2 aliphatic heterocycles. The van der Waals surface area contributed by atoms with Crippen molar-refractivity contribution >= 4 is 11.9 Å². The van der Waals surface area contributed by atoms with Gasteiger partial charge in [-0.05, 0) is 43.7 Å². The van der Waals surface area contributed by atoms with Crippen molar-refractivity contribution in [1.29, 1.82) is 0 Å². The molecule has 28 heavy (non-hydrogen) atoms. The molecule has 146 valence electrons. The predicted octanol–water partition coefficient (Wildman–Crippen LogP) is 5.05. The van der Waals surface area contributed by atoms with Crippen LogP contribution in [0.15, 0.2) is 47.2 Å². The quantitative estimate of drug-likeness (QED) is 0.688. The molecule has 5 rings (SSSR count). The van der Waals surface area contributed by atoms with Gasteiger partial charge in [0.05, 0.1) is 11.1 Å². The van der Waals surface area contributed by atoms with Crippen LogP contribution in [0, 0.1) is 17.8 Å². The number of unbranched alkanes of at least 4 members (excludes halogenated alkanes) is 1. The number of esters is 2. The summed E-state index contributed by atoms with van der Waals surface area (Å²) >= 11 is 0. The number of rotatable bonds is 4. The van der Waals surface area contributed by atoms with E-state index in [0.717, 1.165) is 61.0 Å². The molecule has 4 atom stereocenters. The van der Waals surface area contributed by atoms with Crippen LogP contribution in [0.1, 0.15) is 68.3 Å². The molecular formula is C24H26O4. The minimum atomic E-state index is -0.700. The number of carbonyl (C=O) groups excluding carboxylic acids is 2. The molecule has 1 saturated carbocycles. The van der Waals surface area contributed by atoms with Crippen molar-refractivity contribution < 1.29 is 19.1 Å². The van der Waals surface area contributed by atoms with E-state index in [-0.39, 0.29) is 23.8 Å². The number of benzene rings is 1. The van der Waals surface area contributed by atoms with E-state index >= 15 is 0 Å². The number of hydrogen-bond donors (Lipinski definition) is 0. The van der Waals surface area contributed by atoms with Crippen molar-refractivity contribution in [2.45, 2.75) is 58.0 Å². The molecule has 4 nitrogen and oxygen atoms in total. The van der Waals surface area contributed by atoms with Crippen molar-refractivity contribution in [3.63, 3.8) is 0 Å². The monoisotopic (exact) mass is 378 g/mol. The van der Waals surface area contributed by atoms with Crippen molar-refractivity contribution in [1.82, 2.24) is 0 Å². The summed E-state index contributed by atoms with van der Waals surface area (Å²) in [6.45, 7) is 4.29. The standard InChI is InChI=1S/C24H26O4/c1-3-5-11-19-16-13-12-14-17(8-4-2)24(21(14)20(16)23(26)27-19)18-10-7-6-9-15(18)22(25)28-24/h6-7,9-11,14,17,21H,3-5,8,12-13H2,1-2H3/t14-,17-,21+,24-/m0/s1. The van der Waals surface area contributed by atoms with Gasteiger partial charge in [0.1, 0.15) is 11.4 Å². The third-order valence-corrected chi connectivity index (χ3v) is 7.09. The van der Waals surface area contributed by atoms with Crippen LogP contribution in [0.3, 0.4) is 0 Å². The Morgan fingerprint density at radius 3 is 2.75 bits per heavy atom. The van der Waals surface area contributed by atoms with E-state index in [1.807, 2.05) is 30.3 Å². The fourth-order valence-corrected chi connectivity index (χ4v) is 6.08. The fraction of sp³-hybridized carbons (Fsp3) is 0.500. The van der Waals surface area contributed by atoms with Crippen LogP contribution in [-0.4, -0.2) is 11.9 Å². The molecule has 0 amide bonds. The minimum Gasteiger partial charge on any atom is -0.450 e.